The molecule has 1 aliphatic carbocycles. The zero-order valence-electron chi connectivity index (χ0n) is 11.7. The Bertz CT molecular complexity index is 604. The smallest absolute Gasteiger partial charge is 0.229 e. The maximum Gasteiger partial charge on any atom is 0.229 e. The fraction of sp³-hybridized carbons (Fsp3) is 0.467. The predicted molar refractivity (Wildman–Crippen MR) is 79.4 cm³/mol. The van der Waals surface area contributed by atoms with E-state index >= 15 is 0 Å². The van der Waals surface area contributed by atoms with Gasteiger partial charge in [0.25, 0.3) is 0 Å². The third-order valence-electron chi connectivity index (χ3n) is 3.74. The molecule has 0 bridgehead atoms. The van der Waals surface area contributed by atoms with Crippen LogP contribution in [0.15, 0.2) is 33.7 Å². The number of hydrogen-bond donors (Lipinski definition) is 1. The highest BCUT2D eigenvalue weighted by atomic mass is 32.2. The maximum absolute atomic E-state index is 13.5. The number of halogens is 1. The van der Waals surface area contributed by atoms with Gasteiger partial charge in [0, 0.05) is 16.9 Å². The second kappa shape index (κ2) is 6.58. The summed E-state index contributed by atoms with van der Waals surface area (Å²) in [4.78, 5) is 5.04. The van der Waals surface area contributed by atoms with Crippen molar-refractivity contribution >= 4 is 11.8 Å². The average Bonchev–Trinajstić information content (AvgIpc) is 2.95. The van der Waals surface area contributed by atoms with Gasteiger partial charge >= 0.3 is 0 Å². The summed E-state index contributed by atoms with van der Waals surface area (Å²) in [5.41, 5.74) is 5.98. The van der Waals surface area contributed by atoms with Gasteiger partial charge in [-0.3, -0.25) is 0 Å². The monoisotopic (exact) mass is 307 g/mol. The van der Waals surface area contributed by atoms with E-state index in [2.05, 4.69) is 10.1 Å². The van der Waals surface area contributed by atoms with Crippen molar-refractivity contribution < 1.29 is 8.91 Å². The van der Waals surface area contributed by atoms with Gasteiger partial charge in [0.05, 0.1) is 5.75 Å². The predicted octanol–water partition coefficient (Wildman–Crippen LogP) is 3.49. The summed E-state index contributed by atoms with van der Waals surface area (Å²) in [7, 11) is 0. The van der Waals surface area contributed by atoms with E-state index in [4.69, 9.17) is 10.3 Å². The highest BCUT2D eigenvalue weighted by Gasteiger charge is 2.25. The number of benzene rings is 1. The van der Waals surface area contributed by atoms with Crippen LogP contribution >= 0.6 is 11.8 Å². The molecular formula is C15H18FN3OS. The molecule has 3 rings (SSSR count). The number of rotatable bonds is 4. The standard InChI is InChI=1S/C15H18FN3OS/c16-12-6-1-2-7-13(12)21-9-14-18-15(20-19-14)10-4-3-5-11(17)8-10/h1-2,6-7,10-11H,3-5,8-9,17H2. The highest BCUT2D eigenvalue weighted by molar-refractivity contribution is 7.98. The van der Waals surface area contributed by atoms with E-state index in [1.54, 1.807) is 12.1 Å². The molecule has 1 aliphatic rings. The summed E-state index contributed by atoms with van der Waals surface area (Å²) in [6, 6.07) is 6.93. The minimum absolute atomic E-state index is 0.218. The molecule has 2 atom stereocenters. The Labute approximate surface area is 127 Å². The molecule has 0 aliphatic heterocycles. The lowest BCUT2D eigenvalue weighted by molar-refractivity contribution is 0.297. The van der Waals surface area contributed by atoms with Crippen LogP contribution in [0.1, 0.15) is 43.3 Å². The molecule has 1 aromatic carbocycles. The fourth-order valence-electron chi connectivity index (χ4n) is 2.65. The zero-order valence-corrected chi connectivity index (χ0v) is 12.5. The summed E-state index contributed by atoms with van der Waals surface area (Å²) < 4.78 is 18.9. The quantitative estimate of drug-likeness (QED) is 0.876. The Kier molecular flexibility index (Phi) is 4.55. The zero-order chi connectivity index (χ0) is 14.7. The first-order valence-corrected chi connectivity index (χ1v) is 8.16. The Morgan fingerprint density at radius 3 is 3.00 bits per heavy atom. The number of nitrogens with two attached hydrogens (primary N) is 1. The minimum atomic E-state index is -0.218. The van der Waals surface area contributed by atoms with E-state index in [0.29, 0.717) is 22.4 Å². The van der Waals surface area contributed by atoms with Crippen LogP contribution in [0.5, 0.6) is 0 Å². The molecule has 1 saturated carbocycles. The summed E-state index contributed by atoms with van der Waals surface area (Å²) in [5.74, 6) is 1.84. The third kappa shape index (κ3) is 3.63. The first-order chi connectivity index (χ1) is 10.2. The topological polar surface area (TPSA) is 64.9 Å². The number of thioether (sulfide) groups is 1. The minimum Gasteiger partial charge on any atom is -0.339 e. The van der Waals surface area contributed by atoms with Gasteiger partial charge in [-0.05, 0) is 31.4 Å². The molecule has 2 aromatic rings. The van der Waals surface area contributed by atoms with Crippen molar-refractivity contribution in [1.29, 1.82) is 0 Å². The number of nitrogens with zero attached hydrogens (tertiary/aromatic N) is 2. The van der Waals surface area contributed by atoms with Crippen LogP contribution in [-0.2, 0) is 5.75 Å². The van der Waals surface area contributed by atoms with Crippen LogP contribution in [0.4, 0.5) is 4.39 Å². The second-order valence-corrected chi connectivity index (χ2v) is 6.41. The Balaban J connectivity index is 1.61. The number of hydrogen-bond acceptors (Lipinski definition) is 5. The summed E-state index contributed by atoms with van der Waals surface area (Å²) >= 11 is 1.38. The van der Waals surface area contributed by atoms with E-state index in [0.717, 1.165) is 25.7 Å². The van der Waals surface area contributed by atoms with Gasteiger partial charge in [-0.15, -0.1) is 11.8 Å². The highest BCUT2D eigenvalue weighted by Crippen LogP contribution is 2.32. The van der Waals surface area contributed by atoms with Crippen molar-refractivity contribution in [3.63, 3.8) is 0 Å². The molecule has 2 unspecified atom stereocenters. The molecular weight excluding hydrogens is 289 g/mol. The van der Waals surface area contributed by atoms with Crippen LogP contribution in [0.25, 0.3) is 0 Å². The summed E-state index contributed by atoms with van der Waals surface area (Å²) in [5, 5.41) is 3.99. The van der Waals surface area contributed by atoms with Crippen LogP contribution in [-0.4, -0.2) is 16.2 Å². The Morgan fingerprint density at radius 2 is 2.19 bits per heavy atom. The van der Waals surface area contributed by atoms with Crippen LogP contribution < -0.4 is 5.73 Å². The maximum atomic E-state index is 13.5. The molecule has 1 heterocycles. The molecule has 0 radical (unpaired) electrons. The molecule has 1 aromatic heterocycles. The van der Waals surface area contributed by atoms with Gasteiger partial charge in [-0.25, -0.2) is 4.39 Å². The van der Waals surface area contributed by atoms with Gasteiger partial charge in [-0.2, -0.15) is 4.98 Å². The molecule has 2 N–H and O–H groups in total. The van der Waals surface area contributed by atoms with Crippen LogP contribution in [0.3, 0.4) is 0 Å². The Hall–Kier alpha value is -1.40. The van der Waals surface area contributed by atoms with E-state index in [1.807, 2.05) is 6.07 Å². The lowest BCUT2D eigenvalue weighted by Crippen LogP contribution is -2.26. The van der Waals surface area contributed by atoms with Crippen molar-refractivity contribution in [2.24, 2.45) is 5.73 Å². The Morgan fingerprint density at radius 1 is 1.33 bits per heavy atom. The van der Waals surface area contributed by atoms with Crippen LogP contribution in [0, 0.1) is 5.82 Å². The van der Waals surface area contributed by atoms with Gasteiger partial charge in [0.2, 0.25) is 5.89 Å². The second-order valence-electron chi connectivity index (χ2n) is 5.39. The van der Waals surface area contributed by atoms with E-state index in [-0.39, 0.29) is 17.8 Å². The lowest BCUT2D eigenvalue weighted by Gasteiger charge is -2.23. The molecule has 0 spiro atoms. The summed E-state index contributed by atoms with van der Waals surface area (Å²) in [6.07, 6.45) is 4.13. The van der Waals surface area contributed by atoms with Crippen molar-refractivity contribution in [1.82, 2.24) is 10.1 Å². The average molecular weight is 307 g/mol. The summed E-state index contributed by atoms with van der Waals surface area (Å²) in [6.45, 7) is 0. The first kappa shape index (κ1) is 14.5. The van der Waals surface area contributed by atoms with Crippen molar-refractivity contribution in [2.45, 2.75) is 48.3 Å². The largest absolute Gasteiger partial charge is 0.339 e. The van der Waals surface area contributed by atoms with E-state index in [9.17, 15) is 4.39 Å². The van der Waals surface area contributed by atoms with Gasteiger partial charge < -0.3 is 10.3 Å². The van der Waals surface area contributed by atoms with Gasteiger partial charge in [0.1, 0.15) is 5.82 Å². The lowest BCUT2D eigenvalue weighted by atomic mass is 9.86. The van der Waals surface area contributed by atoms with E-state index in [1.165, 1.54) is 17.8 Å². The van der Waals surface area contributed by atoms with Gasteiger partial charge in [-0.1, -0.05) is 23.7 Å². The third-order valence-corrected chi connectivity index (χ3v) is 4.79. The van der Waals surface area contributed by atoms with Crippen molar-refractivity contribution in [3.8, 4) is 0 Å². The molecule has 0 amide bonds. The molecule has 1 fully saturated rings. The van der Waals surface area contributed by atoms with Gasteiger partial charge in [0.15, 0.2) is 5.82 Å². The van der Waals surface area contributed by atoms with E-state index < -0.39 is 0 Å². The molecule has 112 valence electrons. The molecule has 21 heavy (non-hydrogen) atoms. The molecule has 4 nitrogen and oxygen atoms in total. The fourth-order valence-corrected chi connectivity index (χ4v) is 3.43. The van der Waals surface area contributed by atoms with Crippen LogP contribution in [0.2, 0.25) is 0 Å². The first-order valence-electron chi connectivity index (χ1n) is 7.18. The molecule has 0 saturated heterocycles. The molecule has 6 heteroatoms. The normalized spacial score (nSPS) is 22.4. The SMILES string of the molecule is NC1CCCC(c2nc(CSc3ccccc3F)no2)C1. The number of aromatic nitrogens is 2. The van der Waals surface area contributed by atoms with Crippen molar-refractivity contribution in [3.05, 3.63) is 41.8 Å². The van der Waals surface area contributed by atoms with Crippen molar-refractivity contribution in [2.75, 3.05) is 0 Å².